The summed E-state index contributed by atoms with van der Waals surface area (Å²) in [5, 5.41) is 6.92. The predicted octanol–water partition coefficient (Wildman–Crippen LogP) is 3.72. The molecule has 0 aliphatic carbocycles. The first kappa shape index (κ1) is 22.3. The Morgan fingerprint density at radius 2 is 1.79 bits per heavy atom. The van der Waals surface area contributed by atoms with Crippen molar-refractivity contribution in [3.63, 3.8) is 0 Å². The third kappa shape index (κ3) is 5.11. The average molecular weight is 447 g/mol. The first-order chi connectivity index (χ1) is 16.1. The van der Waals surface area contributed by atoms with E-state index in [1.165, 1.54) is 16.5 Å². The average Bonchev–Trinajstić information content (AvgIpc) is 3.28. The highest BCUT2D eigenvalue weighted by atomic mass is 16.5. The zero-order valence-corrected chi connectivity index (χ0v) is 18.7. The summed E-state index contributed by atoms with van der Waals surface area (Å²) in [5.74, 6) is 0.633. The molecule has 2 aromatic carbocycles. The lowest BCUT2D eigenvalue weighted by molar-refractivity contribution is -0.121. The van der Waals surface area contributed by atoms with Crippen LogP contribution >= 0.6 is 0 Å². The minimum Gasteiger partial charge on any atom is -0.494 e. The fraction of sp³-hybridized carbons (Fsp3) is 0.280. The van der Waals surface area contributed by atoms with Gasteiger partial charge in [-0.1, -0.05) is 48.5 Å². The summed E-state index contributed by atoms with van der Waals surface area (Å²) in [7, 11) is 0. The van der Waals surface area contributed by atoms with E-state index in [2.05, 4.69) is 22.4 Å². The van der Waals surface area contributed by atoms with Crippen molar-refractivity contribution in [2.24, 2.45) is 0 Å². The molecule has 2 aromatic heterocycles. The highest BCUT2D eigenvalue weighted by Crippen LogP contribution is 2.24. The number of aryl methyl sites for hydroxylation is 2. The van der Waals surface area contributed by atoms with Gasteiger partial charge in [-0.3, -0.25) is 14.2 Å². The maximum Gasteiger partial charge on any atom is 0.299 e. The molecule has 33 heavy (non-hydrogen) atoms. The molecule has 2 heterocycles. The molecule has 0 atom stereocenters. The molecule has 0 aliphatic rings. The summed E-state index contributed by atoms with van der Waals surface area (Å²) in [5.41, 5.74) is 3.69. The minimum absolute atomic E-state index is 0.0851. The number of aromatic nitrogens is 3. The highest BCUT2D eigenvalue weighted by molar-refractivity contribution is 5.87. The standard InChI is InChI=1S/C25H26N4O4/c1-3-17-5-9-19(10-6-17)22-23-24(33-28-22)25(31)29(16-27-23)14-13-21(30)26-15-18-7-11-20(12-8-18)32-4-2/h5-12,16H,3-4,13-15H2,1-2H3,(H,26,30). The van der Waals surface area contributed by atoms with Crippen molar-refractivity contribution >= 4 is 17.0 Å². The van der Waals surface area contributed by atoms with E-state index < -0.39 is 0 Å². The monoisotopic (exact) mass is 446 g/mol. The quantitative estimate of drug-likeness (QED) is 0.421. The van der Waals surface area contributed by atoms with Gasteiger partial charge in [0.25, 0.3) is 11.1 Å². The summed E-state index contributed by atoms with van der Waals surface area (Å²) < 4.78 is 12.1. The van der Waals surface area contributed by atoms with E-state index in [0.717, 1.165) is 23.3 Å². The summed E-state index contributed by atoms with van der Waals surface area (Å²) >= 11 is 0. The molecule has 8 nitrogen and oxygen atoms in total. The summed E-state index contributed by atoms with van der Waals surface area (Å²) in [6.45, 7) is 5.22. The van der Waals surface area contributed by atoms with Gasteiger partial charge in [0.1, 0.15) is 17.0 Å². The van der Waals surface area contributed by atoms with E-state index in [4.69, 9.17) is 9.26 Å². The Labute approximate surface area is 191 Å². The Bertz CT molecular complexity index is 1290. The maximum absolute atomic E-state index is 12.8. The van der Waals surface area contributed by atoms with E-state index in [1.807, 2.05) is 55.5 Å². The van der Waals surface area contributed by atoms with Crippen molar-refractivity contribution in [2.75, 3.05) is 6.61 Å². The molecule has 0 bridgehead atoms. The number of carbonyl (C=O) groups is 1. The third-order valence-corrected chi connectivity index (χ3v) is 5.39. The second-order valence-electron chi connectivity index (χ2n) is 7.61. The first-order valence-electron chi connectivity index (χ1n) is 11.0. The lowest BCUT2D eigenvalue weighted by Gasteiger charge is -2.08. The molecular formula is C25H26N4O4. The number of ether oxygens (including phenoxy) is 1. The van der Waals surface area contributed by atoms with Gasteiger partial charge in [-0.05, 0) is 36.6 Å². The van der Waals surface area contributed by atoms with E-state index in [-0.39, 0.29) is 30.0 Å². The summed E-state index contributed by atoms with van der Waals surface area (Å²) in [6.07, 6.45) is 2.52. The van der Waals surface area contributed by atoms with Crippen molar-refractivity contribution in [1.82, 2.24) is 20.0 Å². The van der Waals surface area contributed by atoms with Crippen LogP contribution in [0.1, 0.15) is 31.4 Å². The van der Waals surface area contributed by atoms with Crippen molar-refractivity contribution in [2.45, 2.75) is 39.8 Å². The van der Waals surface area contributed by atoms with Crippen LogP contribution in [-0.4, -0.2) is 27.2 Å². The van der Waals surface area contributed by atoms with Crippen LogP contribution in [0.3, 0.4) is 0 Å². The SMILES string of the molecule is CCOc1ccc(CNC(=O)CCn2cnc3c(-c4ccc(CC)cc4)noc3c2=O)cc1. The first-order valence-corrected chi connectivity index (χ1v) is 11.0. The summed E-state index contributed by atoms with van der Waals surface area (Å²) in [6, 6.07) is 15.5. The van der Waals surface area contributed by atoms with Gasteiger partial charge in [-0.2, -0.15) is 0 Å². The Hall–Kier alpha value is -3.94. The van der Waals surface area contributed by atoms with Crippen LogP contribution in [0.2, 0.25) is 0 Å². The lowest BCUT2D eigenvalue weighted by Crippen LogP contribution is -2.27. The molecule has 4 rings (SSSR count). The van der Waals surface area contributed by atoms with Crippen molar-refractivity contribution in [3.8, 4) is 17.0 Å². The Morgan fingerprint density at radius 3 is 2.48 bits per heavy atom. The molecule has 170 valence electrons. The van der Waals surface area contributed by atoms with E-state index in [9.17, 15) is 9.59 Å². The number of hydrogen-bond donors (Lipinski definition) is 1. The maximum atomic E-state index is 12.8. The molecule has 4 aromatic rings. The number of fused-ring (bicyclic) bond motifs is 1. The zero-order valence-electron chi connectivity index (χ0n) is 18.7. The molecule has 0 spiro atoms. The van der Waals surface area contributed by atoms with Crippen LogP contribution in [-0.2, 0) is 24.3 Å². The van der Waals surface area contributed by atoms with E-state index >= 15 is 0 Å². The van der Waals surface area contributed by atoms with Crippen LogP contribution in [0.4, 0.5) is 0 Å². The lowest BCUT2D eigenvalue weighted by atomic mass is 10.1. The van der Waals surface area contributed by atoms with Gasteiger partial charge < -0.3 is 14.6 Å². The van der Waals surface area contributed by atoms with Crippen LogP contribution in [0.15, 0.2) is 64.2 Å². The smallest absolute Gasteiger partial charge is 0.299 e. The van der Waals surface area contributed by atoms with Gasteiger partial charge in [0.05, 0.1) is 12.9 Å². The van der Waals surface area contributed by atoms with Gasteiger partial charge in [0.15, 0.2) is 0 Å². The molecule has 0 unspecified atom stereocenters. The third-order valence-electron chi connectivity index (χ3n) is 5.39. The van der Waals surface area contributed by atoms with E-state index in [1.54, 1.807) is 0 Å². The molecule has 1 N–H and O–H groups in total. The fourth-order valence-electron chi connectivity index (χ4n) is 3.48. The summed E-state index contributed by atoms with van der Waals surface area (Å²) in [4.78, 5) is 29.4. The molecule has 0 fully saturated rings. The van der Waals surface area contributed by atoms with Crippen LogP contribution < -0.4 is 15.6 Å². The van der Waals surface area contributed by atoms with Gasteiger partial charge in [-0.25, -0.2) is 4.98 Å². The topological polar surface area (TPSA) is 99.2 Å². The Kier molecular flexibility index (Phi) is 6.83. The highest BCUT2D eigenvalue weighted by Gasteiger charge is 2.16. The van der Waals surface area contributed by atoms with E-state index in [0.29, 0.717) is 24.4 Å². The fourth-order valence-corrected chi connectivity index (χ4v) is 3.48. The van der Waals surface area contributed by atoms with Crippen molar-refractivity contribution < 1.29 is 14.1 Å². The molecule has 0 saturated carbocycles. The number of nitrogens with zero attached hydrogens (tertiary/aromatic N) is 3. The van der Waals surface area contributed by atoms with Gasteiger partial charge in [-0.15, -0.1) is 0 Å². The van der Waals surface area contributed by atoms with Crippen LogP contribution in [0.25, 0.3) is 22.4 Å². The number of nitrogens with one attached hydrogen (secondary N) is 1. The van der Waals surface area contributed by atoms with Gasteiger partial charge in [0, 0.05) is 25.1 Å². The normalized spacial score (nSPS) is 11.0. The second-order valence-corrected chi connectivity index (χ2v) is 7.61. The molecule has 0 radical (unpaired) electrons. The molecule has 0 aliphatic heterocycles. The number of benzene rings is 2. The minimum atomic E-state index is -0.358. The van der Waals surface area contributed by atoms with Gasteiger partial charge in [0.2, 0.25) is 5.91 Å². The van der Waals surface area contributed by atoms with Crippen LogP contribution in [0.5, 0.6) is 5.75 Å². The molecule has 8 heteroatoms. The Balaban J connectivity index is 1.39. The Morgan fingerprint density at radius 1 is 1.06 bits per heavy atom. The van der Waals surface area contributed by atoms with Crippen LogP contribution in [0, 0.1) is 0 Å². The number of rotatable bonds is 9. The van der Waals surface area contributed by atoms with Crippen molar-refractivity contribution in [1.29, 1.82) is 0 Å². The zero-order chi connectivity index (χ0) is 23.2. The second kappa shape index (κ2) is 10.1. The number of amides is 1. The number of hydrogen-bond acceptors (Lipinski definition) is 6. The largest absolute Gasteiger partial charge is 0.494 e. The van der Waals surface area contributed by atoms with Crippen molar-refractivity contribution in [3.05, 3.63) is 76.3 Å². The van der Waals surface area contributed by atoms with Gasteiger partial charge >= 0.3 is 0 Å². The molecule has 0 saturated heterocycles. The predicted molar refractivity (Wildman–Crippen MR) is 125 cm³/mol. The molecule has 1 amide bonds. The number of carbonyl (C=O) groups excluding carboxylic acids is 1. The molecular weight excluding hydrogens is 420 g/mol.